The Labute approximate surface area is 110 Å². The molecule has 1 N–H and O–H groups in total. The summed E-state index contributed by atoms with van der Waals surface area (Å²) in [7, 11) is 0. The Hall–Kier alpha value is -2.36. The van der Waals surface area contributed by atoms with Crippen LogP contribution in [0, 0.1) is 0 Å². The van der Waals surface area contributed by atoms with E-state index >= 15 is 0 Å². The van der Waals surface area contributed by atoms with Crippen molar-refractivity contribution in [3.63, 3.8) is 0 Å². The number of hydrogen-bond acceptors (Lipinski definition) is 3. The van der Waals surface area contributed by atoms with Crippen LogP contribution in [0.4, 0.5) is 0 Å². The minimum absolute atomic E-state index is 0.0723. The second kappa shape index (κ2) is 4.72. The van der Waals surface area contributed by atoms with Gasteiger partial charge < -0.3 is 9.84 Å². The molecule has 1 aromatic carbocycles. The standard InChI is InChI=1S/C15H13NO3/c17-15(18)12-9-11-7-4-8-19-14(11)13(16-12)10-5-2-1-3-6-10/h1-3,5-6,9H,4,7-8H2,(H,17,18). The maximum atomic E-state index is 11.2. The third-order valence-electron chi connectivity index (χ3n) is 3.15. The van der Waals surface area contributed by atoms with Crippen molar-refractivity contribution in [2.75, 3.05) is 6.61 Å². The number of aromatic carboxylic acids is 1. The summed E-state index contributed by atoms with van der Waals surface area (Å²) in [5, 5.41) is 9.15. The van der Waals surface area contributed by atoms with Gasteiger partial charge in [0.1, 0.15) is 17.1 Å². The molecule has 1 aliphatic heterocycles. The van der Waals surface area contributed by atoms with Gasteiger partial charge in [-0.2, -0.15) is 0 Å². The van der Waals surface area contributed by atoms with Crippen LogP contribution in [0.25, 0.3) is 11.3 Å². The number of ether oxygens (including phenoxy) is 1. The fraction of sp³-hybridized carbons (Fsp3) is 0.200. The first-order chi connectivity index (χ1) is 9.25. The zero-order chi connectivity index (χ0) is 13.2. The maximum Gasteiger partial charge on any atom is 0.354 e. The maximum absolute atomic E-state index is 11.2. The van der Waals surface area contributed by atoms with Gasteiger partial charge in [0.2, 0.25) is 0 Å². The lowest BCUT2D eigenvalue weighted by molar-refractivity contribution is 0.0690. The summed E-state index contributed by atoms with van der Waals surface area (Å²) in [6, 6.07) is 11.2. The summed E-state index contributed by atoms with van der Waals surface area (Å²) in [5.41, 5.74) is 2.50. The van der Waals surface area contributed by atoms with Gasteiger partial charge in [0, 0.05) is 5.56 Å². The summed E-state index contributed by atoms with van der Waals surface area (Å²) in [5.74, 6) is -0.284. The fourth-order valence-electron chi connectivity index (χ4n) is 2.27. The number of hydrogen-bond donors (Lipinski definition) is 1. The Morgan fingerprint density at radius 1 is 1.26 bits per heavy atom. The molecular formula is C15H13NO3. The minimum Gasteiger partial charge on any atom is -0.491 e. The minimum atomic E-state index is -1.01. The van der Waals surface area contributed by atoms with Gasteiger partial charge in [-0.25, -0.2) is 9.78 Å². The first kappa shape index (κ1) is 11.7. The van der Waals surface area contributed by atoms with Crippen LogP contribution in [0.5, 0.6) is 5.75 Å². The molecule has 0 aliphatic carbocycles. The van der Waals surface area contributed by atoms with E-state index in [2.05, 4.69) is 4.98 Å². The number of nitrogens with zero attached hydrogens (tertiary/aromatic N) is 1. The molecule has 0 saturated heterocycles. The summed E-state index contributed by atoms with van der Waals surface area (Å²) < 4.78 is 5.69. The number of rotatable bonds is 2. The number of carboxylic acids is 1. The number of fused-ring (bicyclic) bond motifs is 1. The molecule has 0 fully saturated rings. The highest BCUT2D eigenvalue weighted by Gasteiger charge is 2.20. The average molecular weight is 255 g/mol. The van der Waals surface area contributed by atoms with Crippen molar-refractivity contribution in [2.24, 2.45) is 0 Å². The van der Waals surface area contributed by atoms with Crippen LogP contribution in [0.2, 0.25) is 0 Å². The largest absolute Gasteiger partial charge is 0.491 e. The van der Waals surface area contributed by atoms with E-state index < -0.39 is 5.97 Å². The van der Waals surface area contributed by atoms with Crippen LogP contribution in [-0.4, -0.2) is 22.7 Å². The SMILES string of the molecule is O=C(O)c1cc2c(c(-c3ccccc3)n1)OCCC2. The second-order valence-electron chi connectivity index (χ2n) is 4.47. The van der Waals surface area contributed by atoms with Crippen molar-refractivity contribution < 1.29 is 14.6 Å². The molecule has 2 aromatic rings. The quantitative estimate of drug-likeness (QED) is 0.896. The summed E-state index contributed by atoms with van der Waals surface area (Å²) in [4.78, 5) is 15.4. The normalized spacial score (nSPS) is 13.5. The summed E-state index contributed by atoms with van der Waals surface area (Å²) in [6.07, 6.45) is 1.74. The van der Waals surface area contributed by atoms with E-state index in [0.717, 1.165) is 29.7 Å². The highest BCUT2D eigenvalue weighted by molar-refractivity contribution is 5.87. The Morgan fingerprint density at radius 3 is 2.79 bits per heavy atom. The van der Waals surface area contributed by atoms with Gasteiger partial charge >= 0.3 is 5.97 Å². The molecule has 1 aliphatic rings. The van der Waals surface area contributed by atoms with E-state index in [-0.39, 0.29) is 5.69 Å². The van der Waals surface area contributed by atoms with Crippen molar-refractivity contribution in [1.29, 1.82) is 0 Å². The van der Waals surface area contributed by atoms with Crippen LogP contribution in [-0.2, 0) is 6.42 Å². The lowest BCUT2D eigenvalue weighted by Gasteiger charge is -2.20. The molecule has 0 spiro atoms. The van der Waals surface area contributed by atoms with Gasteiger partial charge in [0.05, 0.1) is 6.61 Å². The molecule has 96 valence electrons. The molecule has 4 heteroatoms. The predicted molar refractivity (Wildman–Crippen MR) is 70.4 cm³/mol. The smallest absolute Gasteiger partial charge is 0.354 e. The number of carbonyl (C=O) groups is 1. The van der Waals surface area contributed by atoms with E-state index in [1.54, 1.807) is 6.07 Å². The highest BCUT2D eigenvalue weighted by atomic mass is 16.5. The van der Waals surface area contributed by atoms with Crippen LogP contribution in [0.3, 0.4) is 0 Å². The molecule has 0 amide bonds. The van der Waals surface area contributed by atoms with Crippen LogP contribution >= 0.6 is 0 Å². The average Bonchev–Trinajstić information content (AvgIpc) is 2.47. The fourth-order valence-corrected chi connectivity index (χ4v) is 2.27. The van der Waals surface area contributed by atoms with Gasteiger partial charge in [-0.15, -0.1) is 0 Å². The Balaban J connectivity index is 2.21. The summed E-state index contributed by atoms with van der Waals surface area (Å²) in [6.45, 7) is 0.654. The van der Waals surface area contributed by atoms with Crippen molar-refractivity contribution in [3.05, 3.63) is 47.7 Å². The molecule has 0 atom stereocenters. The van der Waals surface area contributed by atoms with Crippen molar-refractivity contribution >= 4 is 5.97 Å². The van der Waals surface area contributed by atoms with Crippen LogP contribution in [0.15, 0.2) is 36.4 Å². The molecule has 3 rings (SSSR count). The van der Waals surface area contributed by atoms with Gasteiger partial charge in [-0.3, -0.25) is 0 Å². The third-order valence-corrected chi connectivity index (χ3v) is 3.15. The zero-order valence-corrected chi connectivity index (χ0v) is 10.3. The lowest BCUT2D eigenvalue weighted by Crippen LogP contribution is -2.13. The number of aromatic nitrogens is 1. The van der Waals surface area contributed by atoms with E-state index in [1.165, 1.54) is 0 Å². The van der Waals surface area contributed by atoms with Gasteiger partial charge in [0.15, 0.2) is 0 Å². The number of aryl methyl sites for hydroxylation is 1. The van der Waals surface area contributed by atoms with Crippen LogP contribution in [0.1, 0.15) is 22.5 Å². The van der Waals surface area contributed by atoms with Gasteiger partial charge in [-0.05, 0) is 24.5 Å². The Kier molecular flexibility index (Phi) is 2.91. The topological polar surface area (TPSA) is 59.4 Å². The monoisotopic (exact) mass is 255 g/mol. The lowest BCUT2D eigenvalue weighted by atomic mass is 10.0. The molecule has 4 nitrogen and oxygen atoms in total. The van der Waals surface area contributed by atoms with E-state index in [9.17, 15) is 4.79 Å². The Morgan fingerprint density at radius 2 is 2.05 bits per heavy atom. The number of benzene rings is 1. The zero-order valence-electron chi connectivity index (χ0n) is 10.3. The van der Waals surface area contributed by atoms with Gasteiger partial charge in [0.25, 0.3) is 0 Å². The number of carboxylic acid groups (broad SMARTS) is 1. The van der Waals surface area contributed by atoms with Gasteiger partial charge in [-0.1, -0.05) is 30.3 Å². The highest BCUT2D eigenvalue weighted by Crippen LogP contribution is 2.35. The number of pyridine rings is 1. The molecule has 0 saturated carbocycles. The van der Waals surface area contributed by atoms with Crippen LogP contribution < -0.4 is 4.74 Å². The Bertz CT molecular complexity index is 623. The molecule has 1 aromatic heterocycles. The van der Waals surface area contributed by atoms with Crippen molar-refractivity contribution in [2.45, 2.75) is 12.8 Å². The molecule has 19 heavy (non-hydrogen) atoms. The van der Waals surface area contributed by atoms with Crippen molar-refractivity contribution in [1.82, 2.24) is 4.98 Å². The van der Waals surface area contributed by atoms with Crippen molar-refractivity contribution in [3.8, 4) is 17.0 Å². The molecular weight excluding hydrogens is 242 g/mol. The predicted octanol–water partition coefficient (Wildman–Crippen LogP) is 2.77. The molecule has 0 unspecified atom stereocenters. The first-order valence-corrected chi connectivity index (χ1v) is 6.21. The van der Waals surface area contributed by atoms with E-state index in [1.807, 2.05) is 30.3 Å². The second-order valence-corrected chi connectivity index (χ2v) is 4.47. The molecule has 0 radical (unpaired) electrons. The molecule has 0 bridgehead atoms. The summed E-state index contributed by atoms with van der Waals surface area (Å²) >= 11 is 0. The third kappa shape index (κ3) is 2.17. The van der Waals surface area contributed by atoms with E-state index in [0.29, 0.717) is 12.3 Å². The van der Waals surface area contributed by atoms with E-state index in [4.69, 9.17) is 9.84 Å². The molecule has 2 heterocycles. The first-order valence-electron chi connectivity index (χ1n) is 6.21.